The summed E-state index contributed by atoms with van der Waals surface area (Å²) in [7, 11) is 1.59. The maximum atomic E-state index is 14.4. The van der Waals surface area contributed by atoms with E-state index in [2.05, 4.69) is 10.1 Å². The van der Waals surface area contributed by atoms with Gasteiger partial charge < -0.3 is 20.1 Å². The Kier molecular flexibility index (Phi) is 8.03. The van der Waals surface area contributed by atoms with Crippen LogP contribution in [-0.4, -0.2) is 65.4 Å². The van der Waals surface area contributed by atoms with Gasteiger partial charge in [-0.05, 0) is 31.9 Å². The van der Waals surface area contributed by atoms with Gasteiger partial charge in [-0.15, -0.1) is 0 Å². The molecule has 1 aromatic rings. The van der Waals surface area contributed by atoms with Crippen molar-refractivity contribution in [2.24, 2.45) is 0 Å². The number of aliphatic hydroxyl groups is 1. The Labute approximate surface area is 174 Å². The lowest BCUT2D eigenvalue weighted by molar-refractivity contribution is -0.197. The molecule has 30 heavy (non-hydrogen) atoms. The smallest absolute Gasteiger partial charge is 0.379 e. The van der Waals surface area contributed by atoms with E-state index in [0.29, 0.717) is 13.0 Å². The van der Waals surface area contributed by atoms with Gasteiger partial charge in [0.25, 0.3) is 0 Å². The summed E-state index contributed by atoms with van der Waals surface area (Å²) in [5.74, 6) is -7.18. The number of benzene rings is 1. The largest absolute Gasteiger partial charge is 0.461 e. The lowest BCUT2D eigenvalue weighted by Gasteiger charge is -2.36. The Hall–Kier alpha value is -2.39. The molecule has 1 amide bonds. The van der Waals surface area contributed by atoms with Crippen molar-refractivity contribution in [1.29, 1.82) is 0 Å². The van der Waals surface area contributed by atoms with Crippen LogP contribution in [0.2, 0.25) is 0 Å². The molecule has 2 atom stereocenters. The van der Waals surface area contributed by atoms with Gasteiger partial charge in [-0.3, -0.25) is 9.59 Å². The maximum Gasteiger partial charge on any atom is 0.379 e. The number of alkyl halides is 2. The number of ether oxygens (including phenoxy) is 1. The Morgan fingerprint density at radius 1 is 1.27 bits per heavy atom. The van der Waals surface area contributed by atoms with Crippen LogP contribution < -0.4 is 5.32 Å². The van der Waals surface area contributed by atoms with Gasteiger partial charge in [0.2, 0.25) is 5.91 Å². The number of halogens is 2. The number of nitrogens with one attached hydrogen (secondary N) is 1. The highest BCUT2D eigenvalue weighted by atomic mass is 19.3. The van der Waals surface area contributed by atoms with E-state index in [-0.39, 0.29) is 38.3 Å². The minimum atomic E-state index is -4.25. The molecule has 2 rings (SSSR count). The van der Waals surface area contributed by atoms with E-state index in [0.717, 1.165) is 5.56 Å². The number of nitrogens with zero attached hydrogens (tertiary/aromatic N) is 1. The van der Waals surface area contributed by atoms with Gasteiger partial charge in [-0.25, -0.2) is 4.79 Å². The van der Waals surface area contributed by atoms with Gasteiger partial charge >= 0.3 is 11.9 Å². The van der Waals surface area contributed by atoms with Gasteiger partial charge in [0.05, 0.1) is 6.61 Å². The predicted molar refractivity (Wildman–Crippen MR) is 105 cm³/mol. The van der Waals surface area contributed by atoms with Crippen molar-refractivity contribution in [2.45, 2.75) is 56.7 Å². The zero-order valence-electron chi connectivity index (χ0n) is 17.2. The number of rotatable bonds is 10. The first-order valence-corrected chi connectivity index (χ1v) is 9.94. The molecule has 0 bridgehead atoms. The van der Waals surface area contributed by atoms with Crippen molar-refractivity contribution in [3.05, 3.63) is 35.9 Å². The molecule has 1 heterocycles. The van der Waals surface area contributed by atoms with E-state index in [4.69, 9.17) is 0 Å². The second-order valence-corrected chi connectivity index (χ2v) is 7.41. The van der Waals surface area contributed by atoms with Crippen LogP contribution in [0.25, 0.3) is 0 Å². The Morgan fingerprint density at radius 2 is 1.93 bits per heavy atom. The molecule has 0 aromatic heterocycles. The number of hydrogen-bond donors (Lipinski definition) is 2. The third-order valence-electron chi connectivity index (χ3n) is 5.30. The molecule has 0 spiro atoms. The second-order valence-electron chi connectivity index (χ2n) is 7.41. The molecule has 166 valence electrons. The van der Waals surface area contributed by atoms with E-state index in [1.807, 2.05) is 30.3 Å². The molecule has 0 radical (unpaired) electrons. The average molecular weight is 426 g/mol. The summed E-state index contributed by atoms with van der Waals surface area (Å²) in [5.41, 5.74) is -1.08. The number of hydrogen-bond acceptors (Lipinski definition) is 6. The van der Waals surface area contributed by atoms with E-state index < -0.39 is 29.3 Å². The Morgan fingerprint density at radius 3 is 2.50 bits per heavy atom. The highest BCUT2D eigenvalue weighted by Gasteiger charge is 2.61. The van der Waals surface area contributed by atoms with E-state index >= 15 is 0 Å². The van der Waals surface area contributed by atoms with Crippen molar-refractivity contribution in [3.63, 3.8) is 0 Å². The van der Waals surface area contributed by atoms with Crippen LogP contribution in [0.3, 0.4) is 0 Å². The normalized spacial score (nSPS) is 19.9. The first kappa shape index (κ1) is 23.9. The number of esters is 1. The molecule has 1 aliphatic rings. The number of amides is 1. The van der Waals surface area contributed by atoms with Crippen LogP contribution in [0.5, 0.6) is 0 Å². The molecule has 1 aliphatic heterocycles. The number of aliphatic hydroxyl groups excluding tert-OH is 1. The fourth-order valence-electron chi connectivity index (χ4n) is 3.62. The zero-order chi connectivity index (χ0) is 22.4. The average Bonchev–Trinajstić information content (AvgIpc) is 3.23. The van der Waals surface area contributed by atoms with Crippen LogP contribution in [0.1, 0.15) is 38.2 Å². The molecule has 1 aromatic carbocycles. The highest BCUT2D eigenvalue weighted by Crippen LogP contribution is 2.35. The summed E-state index contributed by atoms with van der Waals surface area (Å²) in [5, 5.41) is 13.0. The summed E-state index contributed by atoms with van der Waals surface area (Å²) in [6, 6.07) is 9.27. The lowest BCUT2D eigenvalue weighted by atomic mass is 9.81. The molecule has 1 unspecified atom stereocenters. The van der Waals surface area contributed by atoms with Gasteiger partial charge in [0.15, 0.2) is 11.9 Å². The number of carbonyl (C=O) groups excluding carboxylic acids is 3. The van der Waals surface area contributed by atoms with Gasteiger partial charge in [-0.2, -0.15) is 8.78 Å². The van der Waals surface area contributed by atoms with Gasteiger partial charge in [0, 0.05) is 26.4 Å². The fourth-order valence-corrected chi connectivity index (χ4v) is 3.62. The molecule has 9 heteroatoms. The third kappa shape index (κ3) is 5.20. The topological polar surface area (TPSA) is 95.9 Å². The first-order chi connectivity index (χ1) is 14.1. The van der Waals surface area contributed by atoms with E-state index in [9.17, 15) is 28.3 Å². The SMILES string of the molecule is CCOC(=O)C(F)(F)C(O)[C@]1(C(=O)CCC(=O)N(C)Cc2ccccc2)CCCN1. The summed E-state index contributed by atoms with van der Waals surface area (Å²) in [6.07, 6.45) is -2.79. The van der Waals surface area contributed by atoms with Crippen molar-refractivity contribution in [1.82, 2.24) is 10.2 Å². The second kappa shape index (κ2) is 10.1. The molecular weight excluding hydrogens is 398 g/mol. The molecule has 0 aliphatic carbocycles. The van der Waals surface area contributed by atoms with Crippen molar-refractivity contribution in [3.8, 4) is 0 Å². The predicted octanol–water partition coefficient (Wildman–Crippen LogP) is 1.68. The Balaban J connectivity index is 2.04. The highest BCUT2D eigenvalue weighted by molar-refractivity contribution is 5.93. The van der Waals surface area contributed by atoms with Crippen LogP contribution in [0, 0.1) is 0 Å². The summed E-state index contributed by atoms with van der Waals surface area (Å²) in [6.45, 7) is 1.68. The molecule has 2 N–H and O–H groups in total. The van der Waals surface area contributed by atoms with Crippen molar-refractivity contribution in [2.75, 3.05) is 20.2 Å². The third-order valence-corrected chi connectivity index (χ3v) is 5.30. The van der Waals surface area contributed by atoms with Gasteiger partial charge in [0.1, 0.15) is 5.54 Å². The monoisotopic (exact) mass is 426 g/mol. The molecule has 1 saturated heterocycles. The fraction of sp³-hybridized carbons (Fsp3) is 0.571. The standard InChI is InChI=1S/C21H28F2N2O5/c1-3-30-19(29)21(22,23)18(28)20(12-7-13-24-20)16(26)10-11-17(27)25(2)14-15-8-5-4-6-9-15/h4-6,8-9,18,24,28H,3,7,10-14H2,1-2H3/t18?,20-/m1/s1. The van der Waals surface area contributed by atoms with Crippen LogP contribution in [0.15, 0.2) is 30.3 Å². The number of carbonyl (C=O) groups is 3. The quantitative estimate of drug-likeness (QED) is 0.553. The van der Waals surface area contributed by atoms with Crippen molar-refractivity contribution < 1.29 is 33.0 Å². The minimum Gasteiger partial charge on any atom is -0.461 e. The maximum absolute atomic E-state index is 14.4. The zero-order valence-corrected chi connectivity index (χ0v) is 17.2. The van der Waals surface area contributed by atoms with E-state index in [1.165, 1.54) is 11.8 Å². The van der Waals surface area contributed by atoms with Crippen LogP contribution in [-0.2, 0) is 25.7 Å². The summed E-state index contributed by atoms with van der Waals surface area (Å²) < 4.78 is 33.2. The minimum absolute atomic E-state index is 0.0595. The first-order valence-electron chi connectivity index (χ1n) is 9.94. The molecule has 1 fully saturated rings. The lowest BCUT2D eigenvalue weighted by Crippen LogP contribution is -2.64. The van der Waals surface area contributed by atoms with Crippen LogP contribution >= 0.6 is 0 Å². The number of ketones is 1. The molecular formula is C21H28F2N2O5. The van der Waals surface area contributed by atoms with Crippen LogP contribution in [0.4, 0.5) is 8.78 Å². The Bertz CT molecular complexity index is 751. The van der Waals surface area contributed by atoms with Crippen molar-refractivity contribution >= 4 is 17.7 Å². The summed E-state index contributed by atoms with van der Waals surface area (Å²) >= 11 is 0. The molecule has 7 nitrogen and oxygen atoms in total. The van der Waals surface area contributed by atoms with E-state index in [1.54, 1.807) is 7.05 Å². The molecule has 0 saturated carbocycles. The summed E-state index contributed by atoms with van der Waals surface area (Å²) in [4.78, 5) is 38.3. The number of Topliss-reactive ketones (excluding diaryl/α,β-unsaturated/α-hetero) is 1. The van der Waals surface area contributed by atoms with Gasteiger partial charge in [-0.1, -0.05) is 30.3 Å².